The number of Topliss-reactive ketones (excluding diaryl/α,β-unsaturated/α-hetero) is 1. The highest BCUT2D eigenvalue weighted by Gasteiger charge is 2.53. The lowest BCUT2D eigenvalue weighted by atomic mass is 9.92. The number of esters is 1. The summed E-state index contributed by atoms with van der Waals surface area (Å²) in [5.74, 6) is -4.70. The Morgan fingerprint density at radius 2 is 1.75 bits per heavy atom. The van der Waals surface area contributed by atoms with Gasteiger partial charge < -0.3 is 4.74 Å². The quantitative estimate of drug-likeness (QED) is 0.257. The van der Waals surface area contributed by atoms with Gasteiger partial charge in [-0.3, -0.25) is 29.4 Å². The average molecular weight is 386 g/mol. The van der Waals surface area contributed by atoms with E-state index in [0.29, 0.717) is 5.56 Å². The Morgan fingerprint density at radius 1 is 1.14 bits per heavy atom. The maximum absolute atomic E-state index is 13.3. The van der Waals surface area contributed by atoms with Gasteiger partial charge in [0.25, 0.3) is 11.6 Å². The fourth-order valence-corrected chi connectivity index (χ4v) is 3.15. The van der Waals surface area contributed by atoms with Crippen LogP contribution in [0.2, 0.25) is 0 Å². The van der Waals surface area contributed by atoms with Gasteiger partial charge in [0.2, 0.25) is 5.78 Å². The Kier molecular flexibility index (Phi) is 5.16. The van der Waals surface area contributed by atoms with E-state index in [9.17, 15) is 28.9 Å². The maximum Gasteiger partial charge on any atom is 0.319 e. The predicted octanol–water partition coefficient (Wildman–Crippen LogP) is 2.57. The highest BCUT2D eigenvalue weighted by Crippen LogP contribution is 2.40. The number of ketones is 1. The fraction of sp³-hybridized carbons (Fsp3) is 0.211. The summed E-state index contributed by atoms with van der Waals surface area (Å²) >= 11 is 0. The molecule has 8 nitrogen and oxygen atoms in total. The van der Waals surface area contributed by atoms with Crippen molar-refractivity contribution in [2.24, 2.45) is 5.92 Å². The van der Waals surface area contributed by atoms with E-state index >= 15 is 0 Å². The van der Waals surface area contributed by atoms with Crippen LogP contribution >= 0.6 is 0 Å². The van der Waals surface area contributed by atoms with Crippen molar-refractivity contribution in [1.29, 1.82) is 0 Å². The second-order valence-corrected chi connectivity index (χ2v) is 6.04. The molecule has 9 heteroatoms. The monoisotopic (exact) mass is 386 g/mol. The second-order valence-electron chi connectivity index (χ2n) is 6.04. The number of ether oxygens (including phenoxy) is 1. The van der Waals surface area contributed by atoms with Crippen LogP contribution in [0.15, 0.2) is 48.5 Å². The van der Waals surface area contributed by atoms with Crippen LogP contribution in [0.25, 0.3) is 0 Å². The van der Waals surface area contributed by atoms with Crippen molar-refractivity contribution in [3.63, 3.8) is 0 Å². The number of non-ortho nitro benzene ring substituents is 1. The summed E-state index contributed by atoms with van der Waals surface area (Å²) in [7, 11) is 0. The first-order chi connectivity index (χ1) is 13.3. The van der Waals surface area contributed by atoms with Crippen molar-refractivity contribution >= 4 is 29.0 Å². The minimum atomic E-state index is -1.42. The summed E-state index contributed by atoms with van der Waals surface area (Å²) < 4.78 is 18.3. The number of benzene rings is 2. The van der Waals surface area contributed by atoms with Crippen LogP contribution in [0, 0.1) is 21.8 Å². The number of amides is 1. The summed E-state index contributed by atoms with van der Waals surface area (Å²) in [4.78, 5) is 48.9. The van der Waals surface area contributed by atoms with Crippen molar-refractivity contribution in [2.75, 3.05) is 11.5 Å². The lowest BCUT2D eigenvalue weighted by molar-refractivity contribution is -0.384. The van der Waals surface area contributed by atoms with Crippen LogP contribution < -0.4 is 4.90 Å². The van der Waals surface area contributed by atoms with Gasteiger partial charge in [-0.05, 0) is 36.8 Å². The Bertz CT molecular complexity index is 942. The van der Waals surface area contributed by atoms with Crippen LogP contribution in [0.4, 0.5) is 15.8 Å². The number of hydrogen-bond acceptors (Lipinski definition) is 6. The Hall–Kier alpha value is -3.62. The van der Waals surface area contributed by atoms with Crippen molar-refractivity contribution in [2.45, 2.75) is 13.0 Å². The van der Waals surface area contributed by atoms with Gasteiger partial charge in [-0.1, -0.05) is 12.1 Å². The fourth-order valence-electron chi connectivity index (χ4n) is 3.15. The van der Waals surface area contributed by atoms with E-state index in [2.05, 4.69) is 0 Å². The number of rotatable bonds is 5. The standard InChI is InChI=1S/C19H15FN2O6/c1-2-28-19(25)15-16(11-3-5-12(20)6-4-11)21(18(24)17(15)23)13-7-9-14(10-8-13)22(26)27/h3-10,15-16H,2H2,1H3/t15-,16+/m1/s1. The molecule has 144 valence electrons. The van der Waals surface area contributed by atoms with Crippen LogP contribution in [0.5, 0.6) is 0 Å². The van der Waals surface area contributed by atoms with Crippen LogP contribution in [0.1, 0.15) is 18.5 Å². The van der Waals surface area contributed by atoms with E-state index < -0.39 is 40.4 Å². The van der Waals surface area contributed by atoms with E-state index in [1.54, 1.807) is 6.92 Å². The average Bonchev–Trinajstić information content (AvgIpc) is 2.94. The molecule has 1 amide bonds. The maximum atomic E-state index is 13.3. The molecule has 0 aliphatic carbocycles. The zero-order valence-corrected chi connectivity index (χ0v) is 14.7. The van der Waals surface area contributed by atoms with Crippen LogP contribution in [-0.2, 0) is 19.1 Å². The van der Waals surface area contributed by atoms with E-state index in [4.69, 9.17) is 4.74 Å². The zero-order chi connectivity index (χ0) is 20.4. The number of halogens is 1. The van der Waals surface area contributed by atoms with Crippen molar-refractivity contribution in [3.05, 3.63) is 70.0 Å². The molecular formula is C19H15FN2O6. The van der Waals surface area contributed by atoms with E-state index in [1.165, 1.54) is 36.4 Å². The van der Waals surface area contributed by atoms with Gasteiger partial charge in [-0.2, -0.15) is 0 Å². The third-order valence-corrected chi connectivity index (χ3v) is 4.40. The third-order valence-electron chi connectivity index (χ3n) is 4.40. The number of nitro benzene ring substituents is 1. The van der Waals surface area contributed by atoms with Gasteiger partial charge in [-0.15, -0.1) is 0 Å². The van der Waals surface area contributed by atoms with Crippen molar-refractivity contribution in [1.82, 2.24) is 0 Å². The summed E-state index contributed by atoms with van der Waals surface area (Å²) in [6, 6.07) is 8.99. The minimum absolute atomic E-state index is 0.0183. The molecule has 2 aromatic rings. The molecule has 2 aromatic carbocycles. The lowest BCUT2D eigenvalue weighted by Gasteiger charge is -2.26. The number of nitrogens with zero attached hydrogens (tertiary/aromatic N) is 2. The predicted molar refractivity (Wildman–Crippen MR) is 94.9 cm³/mol. The van der Waals surface area contributed by atoms with Gasteiger partial charge >= 0.3 is 5.97 Å². The molecule has 0 aromatic heterocycles. The molecule has 1 aliphatic heterocycles. The zero-order valence-electron chi connectivity index (χ0n) is 14.7. The smallest absolute Gasteiger partial charge is 0.319 e. The van der Waals surface area contributed by atoms with E-state index in [1.807, 2.05) is 0 Å². The molecule has 0 radical (unpaired) electrons. The summed E-state index contributed by atoms with van der Waals surface area (Å²) in [6.45, 7) is 1.59. The number of nitro groups is 1. The molecule has 28 heavy (non-hydrogen) atoms. The molecule has 1 aliphatic rings. The van der Waals surface area contributed by atoms with Gasteiger partial charge in [0, 0.05) is 17.8 Å². The van der Waals surface area contributed by atoms with E-state index in [-0.39, 0.29) is 18.0 Å². The van der Waals surface area contributed by atoms with Crippen molar-refractivity contribution in [3.8, 4) is 0 Å². The molecule has 0 saturated carbocycles. The third kappa shape index (κ3) is 3.34. The van der Waals surface area contributed by atoms with Gasteiger partial charge in [0.05, 0.1) is 17.6 Å². The summed E-state index contributed by atoms with van der Waals surface area (Å²) in [5, 5.41) is 10.9. The molecule has 3 rings (SSSR count). The minimum Gasteiger partial charge on any atom is -0.465 e. The summed E-state index contributed by atoms with van der Waals surface area (Å²) in [5.41, 5.74) is 0.365. The topological polar surface area (TPSA) is 107 Å². The van der Waals surface area contributed by atoms with Crippen molar-refractivity contribution < 1.29 is 28.4 Å². The van der Waals surface area contributed by atoms with E-state index in [0.717, 1.165) is 17.0 Å². The molecule has 0 spiro atoms. The first-order valence-corrected chi connectivity index (χ1v) is 8.39. The number of hydrogen-bond donors (Lipinski definition) is 0. The molecule has 0 N–H and O–H groups in total. The Morgan fingerprint density at radius 3 is 2.29 bits per heavy atom. The first kappa shape index (κ1) is 19.2. The molecule has 1 heterocycles. The molecule has 1 fully saturated rings. The Labute approximate surface area is 158 Å². The van der Waals surface area contributed by atoms with Gasteiger partial charge in [-0.25, -0.2) is 4.39 Å². The number of anilines is 1. The SMILES string of the molecule is CCOC(=O)[C@H]1C(=O)C(=O)N(c2ccc([N+](=O)[O-])cc2)[C@H]1c1ccc(F)cc1. The summed E-state index contributed by atoms with van der Waals surface area (Å²) in [6.07, 6.45) is 0. The molecular weight excluding hydrogens is 371 g/mol. The van der Waals surface area contributed by atoms with Gasteiger partial charge in [0.15, 0.2) is 0 Å². The van der Waals surface area contributed by atoms with Crippen LogP contribution in [-0.4, -0.2) is 29.2 Å². The van der Waals surface area contributed by atoms with Gasteiger partial charge in [0.1, 0.15) is 11.7 Å². The number of carbonyl (C=O) groups is 3. The highest BCUT2D eigenvalue weighted by atomic mass is 19.1. The van der Waals surface area contributed by atoms with Crippen LogP contribution in [0.3, 0.4) is 0 Å². The second kappa shape index (κ2) is 7.55. The largest absolute Gasteiger partial charge is 0.465 e. The first-order valence-electron chi connectivity index (χ1n) is 8.39. The lowest BCUT2D eigenvalue weighted by Crippen LogP contribution is -2.31. The molecule has 1 saturated heterocycles. The Balaban J connectivity index is 2.10. The molecule has 0 unspecified atom stereocenters. The highest BCUT2D eigenvalue weighted by molar-refractivity contribution is 6.47. The molecule has 0 bridgehead atoms. The molecule has 2 atom stereocenters. The number of carbonyl (C=O) groups excluding carboxylic acids is 3. The normalized spacial score (nSPS) is 19.0.